The normalized spacial score (nSPS) is 10.2. The minimum Gasteiger partial charge on any atom is -0.464 e. The van der Waals surface area contributed by atoms with Crippen molar-refractivity contribution in [3.63, 3.8) is 0 Å². The van der Waals surface area contributed by atoms with E-state index in [0.717, 1.165) is 11.3 Å². The standard InChI is InChI=1S/C17H14N2O3/c1-21-17(20)16-15(18-11-19-16)12-7-9-14(10-8-12)22-13-5-3-2-4-6-13/h2-11H,1H3,(H,18,19). The van der Waals surface area contributed by atoms with Crippen LogP contribution < -0.4 is 4.74 Å². The van der Waals surface area contributed by atoms with Crippen molar-refractivity contribution in [3.05, 3.63) is 66.6 Å². The number of rotatable bonds is 4. The molecule has 0 radical (unpaired) electrons. The highest BCUT2D eigenvalue weighted by molar-refractivity contribution is 5.94. The van der Waals surface area contributed by atoms with Crippen LogP contribution in [0.5, 0.6) is 11.5 Å². The number of methoxy groups -OCH3 is 1. The second kappa shape index (κ2) is 6.13. The molecule has 1 aromatic heterocycles. The number of nitrogens with one attached hydrogen (secondary N) is 1. The Kier molecular flexibility index (Phi) is 3.87. The highest BCUT2D eigenvalue weighted by atomic mass is 16.5. The number of hydrogen-bond acceptors (Lipinski definition) is 4. The third-order valence-electron chi connectivity index (χ3n) is 3.14. The highest BCUT2D eigenvalue weighted by Crippen LogP contribution is 2.26. The van der Waals surface area contributed by atoms with Crippen molar-refractivity contribution in [2.45, 2.75) is 0 Å². The first-order valence-electron chi connectivity index (χ1n) is 6.73. The van der Waals surface area contributed by atoms with Gasteiger partial charge in [-0.1, -0.05) is 18.2 Å². The molecule has 0 aliphatic heterocycles. The fourth-order valence-corrected chi connectivity index (χ4v) is 2.08. The molecule has 0 bridgehead atoms. The van der Waals surface area contributed by atoms with Crippen molar-refractivity contribution in [2.24, 2.45) is 0 Å². The van der Waals surface area contributed by atoms with E-state index in [1.165, 1.54) is 13.4 Å². The lowest BCUT2D eigenvalue weighted by Gasteiger charge is -2.06. The smallest absolute Gasteiger partial charge is 0.356 e. The third-order valence-corrected chi connectivity index (χ3v) is 3.14. The van der Waals surface area contributed by atoms with Crippen LogP contribution in [0.25, 0.3) is 11.3 Å². The zero-order valence-electron chi connectivity index (χ0n) is 11.9. The number of nitrogens with zero attached hydrogens (tertiary/aromatic N) is 1. The minimum absolute atomic E-state index is 0.333. The van der Waals surface area contributed by atoms with Crippen LogP contribution in [0, 0.1) is 0 Å². The molecular weight excluding hydrogens is 280 g/mol. The van der Waals surface area contributed by atoms with Crippen LogP contribution in [-0.4, -0.2) is 23.0 Å². The van der Waals surface area contributed by atoms with Crippen LogP contribution in [0.1, 0.15) is 10.5 Å². The number of ether oxygens (including phenoxy) is 2. The first-order valence-corrected chi connectivity index (χ1v) is 6.73. The largest absolute Gasteiger partial charge is 0.464 e. The number of esters is 1. The summed E-state index contributed by atoms with van der Waals surface area (Å²) in [5.41, 5.74) is 1.69. The molecule has 3 aromatic rings. The van der Waals surface area contributed by atoms with Crippen molar-refractivity contribution in [3.8, 4) is 22.8 Å². The van der Waals surface area contributed by atoms with Crippen molar-refractivity contribution in [1.29, 1.82) is 0 Å². The van der Waals surface area contributed by atoms with Crippen molar-refractivity contribution in [1.82, 2.24) is 9.97 Å². The Labute approximate surface area is 127 Å². The molecule has 3 rings (SSSR count). The molecule has 0 atom stereocenters. The maximum atomic E-state index is 11.7. The van der Waals surface area contributed by atoms with Gasteiger partial charge in [-0.05, 0) is 36.4 Å². The van der Waals surface area contributed by atoms with Gasteiger partial charge < -0.3 is 14.5 Å². The van der Waals surface area contributed by atoms with E-state index in [1.54, 1.807) is 0 Å². The molecule has 1 heterocycles. The molecule has 22 heavy (non-hydrogen) atoms. The third kappa shape index (κ3) is 2.83. The number of para-hydroxylation sites is 1. The van der Waals surface area contributed by atoms with Gasteiger partial charge in [0.25, 0.3) is 0 Å². The van der Waals surface area contributed by atoms with Crippen molar-refractivity contribution >= 4 is 5.97 Å². The molecule has 0 saturated carbocycles. The number of hydrogen-bond donors (Lipinski definition) is 1. The van der Waals surface area contributed by atoms with E-state index >= 15 is 0 Å². The number of carbonyl (C=O) groups excluding carboxylic acids is 1. The Morgan fingerprint density at radius 2 is 1.68 bits per heavy atom. The van der Waals surface area contributed by atoms with E-state index in [-0.39, 0.29) is 0 Å². The molecule has 1 N–H and O–H groups in total. The molecule has 2 aromatic carbocycles. The summed E-state index contributed by atoms with van der Waals surface area (Å²) in [5, 5.41) is 0. The zero-order valence-corrected chi connectivity index (χ0v) is 11.9. The van der Waals surface area contributed by atoms with Gasteiger partial charge in [0.1, 0.15) is 17.2 Å². The molecule has 0 unspecified atom stereocenters. The molecule has 0 saturated heterocycles. The average Bonchev–Trinajstić information content (AvgIpc) is 3.05. The summed E-state index contributed by atoms with van der Waals surface area (Å²) in [6.07, 6.45) is 1.47. The number of aromatic amines is 1. The molecule has 0 aliphatic rings. The van der Waals surface area contributed by atoms with Crippen LogP contribution in [0.2, 0.25) is 0 Å². The van der Waals surface area contributed by atoms with Crippen LogP contribution >= 0.6 is 0 Å². The fraction of sp³-hybridized carbons (Fsp3) is 0.0588. The zero-order chi connectivity index (χ0) is 15.4. The second-order valence-electron chi connectivity index (χ2n) is 4.56. The Morgan fingerprint density at radius 3 is 2.36 bits per heavy atom. The second-order valence-corrected chi connectivity index (χ2v) is 4.56. The lowest BCUT2D eigenvalue weighted by Crippen LogP contribution is -2.03. The molecular formula is C17H14N2O3. The van der Waals surface area contributed by atoms with E-state index in [9.17, 15) is 4.79 Å². The molecule has 5 nitrogen and oxygen atoms in total. The molecule has 5 heteroatoms. The van der Waals surface area contributed by atoms with Gasteiger partial charge >= 0.3 is 5.97 Å². The monoisotopic (exact) mass is 294 g/mol. The molecule has 0 fully saturated rings. The number of H-pyrrole nitrogens is 1. The van der Waals surface area contributed by atoms with Crippen LogP contribution in [0.4, 0.5) is 0 Å². The SMILES string of the molecule is COC(=O)c1[nH]cnc1-c1ccc(Oc2ccccc2)cc1. The topological polar surface area (TPSA) is 64.2 Å². The van der Waals surface area contributed by atoms with E-state index in [4.69, 9.17) is 9.47 Å². The summed E-state index contributed by atoms with van der Waals surface area (Å²) in [6, 6.07) is 16.9. The summed E-state index contributed by atoms with van der Waals surface area (Å²) < 4.78 is 10.5. The fourth-order valence-electron chi connectivity index (χ4n) is 2.08. The first kappa shape index (κ1) is 13.9. The lowest BCUT2D eigenvalue weighted by molar-refractivity contribution is 0.0595. The van der Waals surface area contributed by atoms with Crippen LogP contribution in [0.15, 0.2) is 60.9 Å². The van der Waals surface area contributed by atoms with Gasteiger partial charge in [0.2, 0.25) is 0 Å². The maximum Gasteiger partial charge on any atom is 0.356 e. The van der Waals surface area contributed by atoms with Crippen molar-refractivity contribution in [2.75, 3.05) is 7.11 Å². The summed E-state index contributed by atoms with van der Waals surface area (Å²) in [4.78, 5) is 18.6. The van der Waals surface area contributed by atoms with Gasteiger partial charge in [-0.15, -0.1) is 0 Å². The molecule has 0 spiro atoms. The van der Waals surface area contributed by atoms with Crippen molar-refractivity contribution < 1.29 is 14.3 Å². The van der Waals surface area contributed by atoms with Crippen LogP contribution in [0.3, 0.4) is 0 Å². The maximum absolute atomic E-state index is 11.7. The van der Waals surface area contributed by atoms with Gasteiger partial charge in [-0.25, -0.2) is 9.78 Å². The van der Waals surface area contributed by atoms with Gasteiger partial charge in [0.15, 0.2) is 5.69 Å². The lowest BCUT2D eigenvalue weighted by atomic mass is 10.1. The summed E-state index contributed by atoms with van der Waals surface area (Å²) >= 11 is 0. The summed E-state index contributed by atoms with van der Waals surface area (Å²) in [7, 11) is 1.34. The number of benzene rings is 2. The quantitative estimate of drug-likeness (QED) is 0.746. The van der Waals surface area contributed by atoms with Crippen LogP contribution in [-0.2, 0) is 4.74 Å². The summed E-state index contributed by atoms with van der Waals surface area (Å²) in [5.74, 6) is 1.03. The predicted molar refractivity (Wildman–Crippen MR) is 81.9 cm³/mol. The Hall–Kier alpha value is -3.08. The Balaban J connectivity index is 1.83. The molecule has 110 valence electrons. The van der Waals surface area contributed by atoms with E-state index < -0.39 is 5.97 Å². The predicted octanol–water partition coefficient (Wildman–Crippen LogP) is 3.66. The van der Waals surface area contributed by atoms with Gasteiger partial charge in [-0.3, -0.25) is 0 Å². The molecule has 0 aliphatic carbocycles. The number of aromatic nitrogens is 2. The first-order chi connectivity index (χ1) is 10.8. The average molecular weight is 294 g/mol. The Morgan fingerprint density at radius 1 is 1.00 bits per heavy atom. The van der Waals surface area contributed by atoms with Gasteiger partial charge in [0.05, 0.1) is 13.4 Å². The number of imidazole rings is 1. The van der Waals surface area contributed by atoms with E-state index in [1.807, 2.05) is 54.6 Å². The minimum atomic E-state index is -0.447. The highest BCUT2D eigenvalue weighted by Gasteiger charge is 2.16. The number of carbonyl (C=O) groups is 1. The van der Waals surface area contributed by atoms with E-state index in [0.29, 0.717) is 17.1 Å². The van der Waals surface area contributed by atoms with E-state index in [2.05, 4.69) is 9.97 Å². The summed E-state index contributed by atoms with van der Waals surface area (Å²) in [6.45, 7) is 0. The van der Waals surface area contributed by atoms with Gasteiger partial charge in [0, 0.05) is 5.56 Å². The molecule has 0 amide bonds. The van der Waals surface area contributed by atoms with Gasteiger partial charge in [-0.2, -0.15) is 0 Å². The Bertz CT molecular complexity index is 764.